The van der Waals surface area contributed by atoms with Crippen LogP contribution in [0, 0.1) is 6.92 Å². The number of benzene rings is 3. The summed E-state index contributed by atoms with van der Waals surface area (Å²) in [6, 6.07) is 20.3. The van der Waals surface area contributed by atoms with Crippen LogP contribution in [-0.4, -0.2) is 47.3 Å². The maximum Gasteiger partial charge on any atom is 0.248 e. The molecule has 4 aromatic rings. The van der Waals surface area contributed by atoms with E-state index in [1.54, 1.807) is 12.3 Å². The Labute approximate surface area is 193 Å². The van der Waals surface area contributed by atoms with Crippen LogP contribution in [-0.2, 0) is 11.3 Å². The summed E-state index contributed by atoms with van der Waals surface area (Å²) in [7, 11) is 0. The number of nitrogens with zero attached hydrogens (tertiary/aromatic N) is 3. The fourth-order valence-corrected chi connectivity index (χ4v) is 4.34. The van der Waals surface area contributed by atoms with Gasteiger partial charge in [0, 0.05) is 41.5 Å². The first-order chi connectivity index (χ1) is 16.1. The van der Waals surface area contributed by atoms with Gasteiger partial charge in [-0.2, -0.15) is 5.10 Å². The second kappa shape index (κ2) is 9.10. The van der Waals surface area contributed by atoms with Crippen LogP contribution >= 0.6 is 0 Å². The smallest absolute Gasteiger partial charge is 0.248 e. The number of carbonyl (C=O) groups is 1. The largest absolute Gasteiger partial charge is 0.379 e. The minimum absolute atomic E-state index is 0.428. The number of aromatic nitrogens is 2. The molecule has 6 nitrogen and oxygen atoms in total. The minimum Gasteiger partial charge on any atom is -0.379 e. The van der Waals surface area contributed by atoms with Crippen LogP contribution in [0.5, 0.6) is 0 Å². The Kier molecular flexibility index (Phi) is 5.86. The summed E-state index contributed by atoms with van der Waals surface area (Å²) in [4.78, 5) is 14.1. The van der Waals surface area contributed by atoms with Gasteiger partial charge in [0.25, 0.3) is 0 Å². The SMILES string of the molecule is Cc1ccc(C(N)=O)cc1-c1ccc2c(-c3ccc(CN4CCOCC4)cc3)nncc2c1. The van der Waals surface area contributed by atoms with Crippen molar-refractivity contribution >= 4 is 16.7 Å². The molecule has 0 unspecified atom stereocenters. The van der Waals surface area contributed by atoms with Gasteiger partial charge >= 0.3 is 0 Å². The highest BCUT2D eigenvalue weighted by molar-refractivity contribution is 5.98. The van der Waals surface area contributed by atoms with Crippen molar-refractivity contribution in [3.63, 3.8) is 0 Å². The zero-order valence-electron chi connectivity index (χ0n) is 18.6. The third-order valence-corrected chi connectivity index (χ3v) is 6.23. The van der Waals surface area contributed by atoms with E-state index in [4.69, 9.17) is 10.5 Å². The van der Waals surface area contributed by atoms with Gasteiger partial charge in [0.1, 0.15) is 5.69 Å². The third kappa shape index (κ3) is 4.49. The van der Waals surface area contributed by atoms with Gasteiger partial charge in [0.15, 0.2) is 0 Å². The van der Waals surface area contributed by atoms with Crippen molar-refractivity contribution in [3.05, 3.63) is 83.6 Å². The molecule has 0 spiro atoms. The number of fused-ring (bicyclic) bond motifs is 1. The normalized spacial score (nSPS) is 14.5. The fraction of sp³-hybridized carbons (Fsp3) is 0.222. The van der Waals surface area contributed by atoms with E-state index in [1.807, 2.05) is 19.1 Å². The predicted molar refractivity (Wildman–Crippen MR) is 130 cm³/mol. The molecule has 6 heteroatoms. The Bertz CT molecular complexity index is 1310. The molecule has 2 heterocycles. The third-order valence-electron chi connectivity index (χ3n) is 6.23. The number of morpholine rings is 1. The molecular formula is C27H26N4O2. The first-order valence-corrected chi connectivity index (χ1v) is 11.1. The maximum atomic E-state index is 11.6. The molecule has 0 radical (unpaired) electrons. The van der Waals surface area contributed by atoms with E-state index >= 15 is 0 Å². The van der Waals surface area contributed by atoms with Crippen LogP contribution in [0.1, 0.15) is 21.5 Å². The van der Waals surface area contributed by atoms with Crippen LogP contribution in [0.15, 0.2) is 66.9 Å². The average molecular weight is 439 g/mol. The van der Waals surface area contributed by atoms with Crippen molar-refractivity contribution < 1.29 is 9.53 Å². The molecule has 2 N–H and O–H groups in total. The summed E-state index contributed by atoms with van der Waals surface area (Å²) < 4.78 is 5.44. The lowest BCUT2D eigenvalue weighted by atomic mass is 9.95. The van der Waals surface area contributed by atoms with Crippen LogP contribution in [0.4, 0.5) is 0 Å². The van der Waals surface area contributed by atoms with E-state index in [9.17, 15) is 4.79 Å². The zero-order chi connectivity index (χ0) is 22.8. The first kappa shape index (κ1) is 21.2. The van der Waals surface area contributed by atoms with Crippen LogP contribution < -0.4 is 5.73 Å². The topological polar surface area (TPSA) is 81.3 Å². The lowest BCUT2D eigenvalue weighted by molar-refractivity contribution is 0.0342. The molecule has 3 aromatic carbocycles. The molecule has 0 bridgehead atoms. The number of carbonyl (C=O) groups excluding carboxylic acids is 1. The number of aryl methyl sites for hydroxylation is 1. The van der Waals surface area contributed by atoms with E-state index in [1.165, 1.54) is 5.56 Å². The number of ether oxygens (including phenoxy) is 1. The summed E-state index contributed by atoms with van der Waals surface area (Å²) in [6.45, 7) is 6.51. The summed E-state index contributed by atoms with van der Waals surface area (Å²) in [5.74, 6) is -0.428. The second-order valence-corrected chi connectivity index (χ2v) is 8.47. The number of primary amides is 1. The van der Waals surface area contributed by atoms with E-state index < -0.39 is 5.91 Å². The Balaban J connectivity index is 1.46. The lowest BCUT2D eigenvalue weighted by Gasteiger charge is -2.26. The van der Waals surface area contributed by atoms with Gasteiger partial charge in [0.2, 0.25) is 5.91 Å². The van der Waals surface area contributed by atoms with Crippen molar-refractivity contribution in [3.8, 4) is 22.4 Å². The number of hydrogen-bond acceptors (Lipinski definition) is 5. The first-order valence-electron chi connectivity index (χ1n) is 11.1. The Morgan fingerprint density at radius 2 is 1.76 bits per heavy atom. The van der Waals surface area contributed by atoms with Gasteiger partial charge in [-0.3, -0.25) is 9.69 Å². The van der Waals surface area contributed by atoms with Crippen LogP contribution in [0.2, 0.25) is 0 Å². The number of hydrogen-bond donors (Lipinski definition) is 1. The molecule has 1 amide bonds. The summed E-state index contributed by atoms with van der Waals surface area (Å²) in [6.07, 6.45) is 1.78. The molecule has 166 valence electrons. The fourth-order valence-electron chi connectivity index (χ4n) is 4.34. The molecule has 1 aromatic heterocycles. The van der Waals surface area contributed by atoms with E-state index in [0.717, 1.165) is 71.6 Å². The van der Waals surface area contributed by atoms with Gasteiger partial charge in [-0.15, -0.1) is 5.10 Å². The summed E-state index contributed by atoms with van der Waals surface area (Å²) in [5.41, 5.74) is 12.2. The zero-order valence-corrected chi connectivity index (χ0v) is 18.6. The van der Waals surface area contributed by atoms with Crippen LogP contribution in [0.25, 0.3) is 33.2 Å². The molecule has 0 saturated carbocycles. The molecule has 1 saturated heterocycles. The van der Waals surface area contributed by atoms with E-state index in [0.29, 0.717) is 5.56 Å². The Morgan fingerprint density at radius 3 is 2.52 bits per heavy atom. The van der Waals surface area contributed by atoms with Gasteiger partial charge in [-0.1, -0.05) is 42.5 Å². The highest BCUT2D eigenvalue weighted by atomic mass is 16.5. The number of nitrogens with two attached hydrogens (primary N) is 1. The second-order valence-electron chi connectivity index (χ2n) is 8.47. The van der Waals surface area contributed by atoms with Crippen molar-refractivity contribution in [2.24, 2.45) is 5.73 Å². The Hall–Kier alpha value is -3.61. The summed E-state index contributed by atoms with van der Waals surface area (Å²) in [5, 5.41) is 10.7. The van der Waals surface area contributed by atoms with Crippen molar-refractivity contribution in [1.29, 1.82) is 0 Å². The quantitative estimate of drug-likeness (QED) is 0.505. The van der Waals surface area contributed by atoms with Crippen molar-refractivity contribution in [2.45, 2.75) is 13.5 Å². The maximum absolute atomic E-state index is 11.6. The van der Waals surface area contributed by atoms with Crippen molar-refractivity contribution in [2.75, 3.05) is 26.3 Å². The average Bonchev–Trinajstić information content (AvgIpc) is 2.84. The van der Waals surface area contributed by atoms with E-state index in [-0.39, 0.29) is 0 Å². The van der Waals surface area contributed by atoms with Gasteiger partial charge < -0.3 is 10.5 Å². The standard InChI is InChI=1S/C27H26N4O2/c1-18-2-5-22(27(28)32)15-25(18)21-8-9-24-23(14-21)16-29-30-26(24)20-6-3-19(4-7-20)17-31-10-12-33-13-11-31/h2-9,14-16H,10-13,17H2,1H3,(H2,28,32). The molecule has 5 rings (SSSR count). The molecule has 0 aliphatic carbocycles. The Morgan fingerprint density at radius 1 is 1.00 bits per heavy atom. The molecular weight excluding hydrogens is 412 g/mol. The number of amides is 1. The monoisotopic (exact) mass is 438 g/mol. The van der Waals surface area contributed by atoms with Gasteiger partial charge in [-0.05, 0) is 47.4 Å². The van der Waals surface area contributed by atoms with Crippen LogP contribution in [0.3, 0.4) is 0 Å². The highest BCUT2D eigenvalue weighted by Crippen LogP contribution is 2.31. The summed E-state index contributed by atoms with van der Waals surface area (Å²) >= 11 is 0. The molecule has 33 heavy (non-hydrogen) atoms. The lowest BCUT2D eigenvalue weighted by Crippen LogP contribution is -2.35. The number of rotatable bonds is 5. The van der Waals surface area contributed by atoms with Gasteiger partial charge in [-0.25, -0.2) is 0 Å². The molecule has 1 aliphatic rings. The van der Waals surface area contributed by atoms with E-state index in [2.05, 4.69) is 57.6 Å². The molecule has 0 atom stereocenters. The predicted octanol–water partition coefficient (Wildman–Crippen LogP) is 4.20. The molecule has 1 aliphatic heterocycles. The van der Waals surface area contributed by atoms with Crippen molar-refractivity contribution in [1.82, 2.24) is 15.1 Å². The molecule has 1 fully saturated rings. The van der Waals surface area contributed by atoms with Gasteiger partial charge in [0.05, 0.1) is 19.4 Å². The highest BCUT2D eigenvalue weighted by Gasteiger charge is 2.13. The minimum atomic E-state index is -0.428.